The molecule has 0 aliphatic heterocycles. The number of sulfonamides is 1. The molecule has 0 atom stereocenters. The molecule has 0 saturated carbocycles. The third-order valence-corrected chi connectivity index (χ3v) is 6.38. The lowest BCUT2D eigenvalue weighted by atomic mass is 10.2. The van der Waals surface area contributed by atoms with Gasteiger partial charge in [0.1, 0.15) is 5.75 Å². The second-order valence-electron chi connectivity index (χ2n) is 7.51. The Morgan fingerprint density at radius 3 is 2.36 bits per heavy atom. The van der Waals surface area contributed by atoms with Crippen molar-refractivity contribution in [3.05, 3.63) is 89.6 Å². The van der Waals surface area contributed by atoms with Gasteiger partial charge >= 0.3 is 12.8 Å². The molecule has 0 aliphatic carbocycles. The van der Waals surface area contributed by atoms with Gasteiger partial charge in [0.05, 0.1) is 22.5 Å². The Morgan fingerprint density at radius 1 is 1.00 bits per heavy atom. The maximum absolute atomic E-state index is 13.0. The van der Waals surface area contributed by atoms with E-state index in [9.17, 15) is 35.2 Å². The van der Waals surface area contributed by atoms with E-state index < -0.39 is 39.2 Å². The van der Waals surface area contributed by atoms with Crippen LogP contribution in [0.1, 0.15) is 21.6 Å². The number of alkyl halides is 5. The van der Waals surface area contributed by atoms with E-state index in [2.05, 4.69) is 9.84 Å². The molecule has 0 radical (unpaired) electrons. The minimum atomic E-state index is -4.77. The van der Waals surface area contributed by atoms with Gasteiger partial charge in [0.15, 0.2) is 5.69 Å². The molecule has 1 heterocycles. The summed E-state index contributed by atoms with van der Waals surface area (Å²) in [5.74, 6) is -1.18. The van der Waals surface area contributed by atoms with Gasteiger partial charge in [-0.1, -0.05) is 36.4 Å². The second kappa shape index (κ2) is 9.57. The van der Waals surface area contributed by atoms with Gasteiger partial charge in [-0.2, -0.15) is 27.1 Å². The fourth-order valence-electron chi connectivity index (χ4n) is 3.43. The lowest BCUT2D eigenvalue weighted by molar-refractivity contribution is -0.137. The number of aromatic nitrogens is 2. The second-order valence-corrected chi connectivity index (χ2v) is 9.19. The molecule has 7 nitrogen and oxygen atoms in total. The number of nitrogens with one attached hydrogen (secondary N) is 1. The van der Waals surface area contributed by atoms with Crippen molar-refractivity contribution >= 4 is 26.8 Å². The number of amides is 1. The number of ether oxygens (including phenoxy) is 1. The zero-order chi connectivity index (χ0) is 26.1. The summed E-state index contributed by atoms with van der Waals surface area (Å²) in [7, 11) is -4.65. The summed E-state index contributed by atoms with van der Waals surface area (Å²) in [6.45, 7) is -2.87. The topological polar surface area (TPSA) is 90.3 Å². The van der Waals surface area contributed by atoms with Crippen molar-refractivity contribution in [2.24, 2.45) is 0 Å². The first-order valence-electron chi connectivity index (χ1n) is 10.2. The Hall–Kier alpha value is -4.00. The van der Waals surface area contributed by atoms with E-state index in [1.54, 1.807) is 22.9 Å². The van der Waals surface area contributed by atoms with Crippen LogP contribution in [0.2, 0.25) is 0 Å². The zero-order valence-corrected chi connectivity index (χ0v) is 18.9. The number of carbonyl (C=O) groups is 1. The lowest BCUT2D eigenvalue weighted by Gasteiger charge is -2.10. The summed E-state index contributed by atoms with van der Waals surface area (Å²) in [5.41, 5.74) is -0.364. The lowest BCUT2D eigenvalue weighted by Crippen LogP contribution is -2.31. The molecule has 36 heavy (non-hydrogen) atoms. The molecule has 4 rings (SSSR count). The highest BCUT2D eigenvalue weighted by atomic mass is 32.2. The van der Waals surface area contributed by atoms with Crippen molar-refractivity contribution in [3.8, 4) is 5.75 Å². The van der Waals surface area contributed by atoms with Crippen LogP contribution in [0.3, 0.4) is 0 Å². The van der Waals surface area contributed by atoms with Crippen LogP contribution in [0.5, 0.6) is 5.75 Å². The molecular formula is C23H16F5N3O4S. The third kappa shape index (κ3) is 5.46. The smallest absolute Gasteiger partial charge is 0.416 e. The van der Waals surface area contributed by atoms with Gasteiger partial charge < -0.3 is 4.74 Å². The van der Waals surface area contributed by atoms with Crippen molar-refractivity contribution in [1.29, 1.82) is 0 Å². The molecule has 4 aromatic rings. The van der Waals surface area contributed by atoms with Gasteiger partial charge in [-0.05, 0) is 42.0 Å². The summed E-state index contributed by atoms with van der Waals surface area (Å²) in [5, 5.41) is 4.50. The predicted molar refractivity (Wildman–Crippen MR) is 118 cm³/mol. The van der Waals surface area contributed by atoms with Crippen LogP contribution in [0.4, 0.5) is 22.0 Å². The van der Waals surface area contributed by atoms with Crippen LogP contribution >= 0.6 is 0 Å². The van der Waals surface area contributed by atoms with E-state index in [0.717, 1.165) is 12.1 Å². The standard InChI is InChI=1S/C23H16F5N3O4S/c24-22(25)35-16-10-8-14(9-11-16)13-31-19-7-2-1-6-18(19)20(29-31)21(32)30-36(33,34)17-5-3-4-15(12-17)23(26,27)28/h1-12,22H,13H2,(H,30,32). The van der Waals surface area contributed by atoms with Gasteiger partial charge in [0.25, 0.3) is 15.9 Å². The zero-order valence-electron chi connectivity index (χ0n) is 18.0. The monoisotopic (exact) mass is 525 g/mol. The molecular weight excluding hydrogens is 509 g/mol. The number of para-hydroxylation sites is 1. The number of fused-ring (bicyclic) bond motifs is 1. The average molecular weight is 525 g/mol. The number of nitrogens with zero attached hydrogens (tertiary/aromatic N) is 2. The first kappa shape index (κ1) is 25.1. The van der Waals surface area contributed by atoms with E-state index >= 15 is 0 Å². The molecule has 0 unspecified atom stereocenters. The summed E-state index contributed by atoms with van der Waals surface area (Å²) in [6, 6.07) is 15.1. The van der Waals surface area contributed by atoms with Gasteiger partial charge in [0.2, 0.25) is 0 Å². The fraction of sp³-hybridized carbons (Fsp3) is 0.130. The number of hydrogen-bond acceptors (Lipinski definition) is 5. The van der Waals surface area contributed by atoms with Gasteiger partial charge in [0, 0.05) is 5.39 Å². The molecule has 0 aliphatic rings. The number of halogens is 5. The summed E-state index contributed by atoms with van der Waals surface area (Å²) in [4.78, 5) is 12.1. The predicted octanol–water partition coefficient (Wildman–Crippen LogP) is 4.82. The molecule has 0 spiro atoms. The van der Waals surface area contributed by atoms with E-state index in [1.165, 1.54) is 35.0 Å². The quantitative estimate of drug-likeness (QED) is 0.350. The highest BCUT2D eigenvalue weighted by molar-refractivity contribution is 7.90. The van der Waals surface area contributed by atoms with Crippen molar-refractivity contribution in [2.45, 2.75) is 24.2 Å². The van der Waals surface area contributed by atoms with Crippen LogP contribution in [0.15, 0.2) is 77.7 Å². The number of rotatable bonds is 7. The van der Waals surface area contributed by atoms with Crippen molar-refractivity contribution in [1.82, 2.24) is 14.5 Å². The van der Waals surface area contributed by atoms with Crippen molar-refractivity contribution < 1.29 is 39.9 Å². The van der Waals surface area contributed by atoms with E-state index in [4.69, 9.17) is 0 Å². The highest BCUT2D eigenvalue weighted by Gasteiger charge is 2.32. The van der Waals surface area contributed by atoms with Crippen LogP contribution < -0.4 is 9.46 Å². The van der Waals surface area contributed by atoms with Gasteiger partial charge in [-0.25, -0.2) is 13.1 Å². The first-order chi connectivity index (χ1) is 16.9. The maximum atomic E-state index is 13.0. The number of benzene rings is 3. The van der Waals surface area contributed by atoms with Crippen LogP contribution in [0, 0.1) is 0 Å². The van der Waals surface area contributed by atoms with E-state index in [-0.39, 0.29) is 18.0 Å². The van der Waals surface area contributed by atoms with E-state index in [0.29, 0.717) is 28.6 Å². The number of carbonyl (C=O) groups excluding carboxylic acids is 1. The molecule has 1 amide bonds. The minimum Gasteiger partial charge on any atom is -0.435 e. The highest BCUT2D eigenvalue weighted by Crippen LogP contribution is 2.30. The molecule has 1 N–H and O–H groups in total. The fourth-order valence-corrected chi connectivity index (χ4v) is 4.43. The first-order valence-corrected chi connectivity index (χ1v) is 11.7. The number of hydrogen-bond donors (Lipinski definition) is 1. The Balaban J connectivity index is 1.62. The normalized spacial score (nSPS) is 12.2. The molecule has 0 saturated heterocycles. The molecule has 0 fully saturated rings. The third-order valence-electron chi connectivity index (χ3n) is 5.05. The molecule has 188 valence electrons. The van der Waals surface area contributed by atoms with Crippen molar-refractivity contribution in [3.63, 3.8) is 0 Å². The average Bonchev–Trinajstić information content (AvgIpc) is 3.18. The Bertz CT molecular complexity index is 1520. The summed E-state index contributed by atoms with van der Waals surface area (Å²) < 4.78 is 96.4. The van der Waals surface area contributed by atoms with E-state index in [1.807, 2.05) is 0 Å². The summed E-state index contributed by atoms with van der Waals surface area (Å²) >= 11 is 0. The largest absolute Gasteiger partial charge is 0.435 e. The molecule has 3 aromatic carbocycles. The molecule has 0 bridgehead atoms. The Kier molecular flexibility index (Phi) is 6.67. The molecule has 1 aromatic heterocycles. The van der Waals surface area contributed by atoms with Crippen LogP contribution in [-0.2, 0) is 22.7 Å². The van der Waals surface area contributed by atoms with Crippen LogP contribution in [0.25, 0.3) is 10.9 Å². The maximum Gasteiger partial charge on any atom is 0.416 e. The Morgan fingerprint density at radius 2 is 1.69 bits per heavy atom. The minimum absolute atomic E-state index is 0.0426. The van der Waals surface area contributed by atoms with Gasteiger partial charge in [-0.3, -0.25) is 9.48 Å². The van der Waals surface area contributed by atoms with Crippen LogP contribution in [-0.4, -0.2) is 30.7 Å². The van der Waals surface area contributed by atoms with Crippen molar-refractivity contribution in [2.75, 3.05) is 0 Å². The molecule has 13 heteroatoms. The Labute approximate surface area is 201 Å². The van der Waals surface area contributed by atoms with Gasteiger partial charge in [-0.15, -0.1) is 0 Å². The SMILES string of the molecule is O=C(NS(=O)(=O)c1cccc(C(F)(F)F)c1)c1nn(Cc2ccc(OC(F)F)cc2)c2ccccc12. The summed E-state index contributed by atoms with van der Waals surface area (Å²) in [6.07, 6.45) is -4.77.